The number of aromatic nitrogens is 1. The predicted octanol–water partition coefficient (Wildman–Crippen LogP) is 7.58. The van der Waals surface area contributed by atoms with Crippen LogP contribution in [0.2, 0.25) is 0 Å². The molecular formula is C50H57F4N7O8S2. The maximum atomic E-state index is 15.3. The lowest BCUT2D eigenvalue weighted by Gasteiger charge is -2.35. The number of halogens is 4. The van der Waals surface area contributed by atoms with Gasteiger partial charge in [0.1, 0.15) is 30.8 Å². The third-order valence-corrected chi connectivity index (χ3v) is 13.3. The molecule has 0 unspecified atom stereocenters. The van der Waals surface area contributed by atoms with E-state index in [1.165, 1.54) is 43.0 Å². The van der Waals surface area contributed by atoms with E-state index in [1.807, 2.05) is 64.4 Å². The molecule has 2 aliphatic rings. The minimum atomic E-state index is -4.86. The number of alkyl halides is 3. The molecule has 0 radical (unpaired) electrons. The molecule has 2 fully saturated rings. The van der Waals surface area contributed by atoms with Crippen molar-refractivity contribution in [3.05, 3.63) is 94.4 Å². The number of likely N-dealkylation sites (tertiary alicyclic amines) is 1. The van der Waals surface area contributed by atoms with Crippen LogP contribution in [0.4, 0.5) is 28.9 Å². The lowest BCUT2D eigenvalue weighted by molar-refractivity contribution is -0.144. The average Bonchev–Trinajstić information content (AvgIpc) is 3.98. The van der Waals surface area contributed by atoms with Gasteiger partial charge in [0, 0.05) is 24.8 Å². The minimum Gasteiger partial charge on any atom is -0.488 e. The number of amides is 4. The molecule has 2 saturated heterocycles. The monoisotopic (exact) mass is 1020 g/mol. The highest BCUT2D eigenvalue weighted by Gasteiger charge is 2.51. The van der Waals surface area contributed by atoms with Crippen molar-refractivity contribution in [3.8, 4) is 22.3 Å². The van der Waals surface area contributed by atoms with Crippen molar-refractivity contribution in [2.24, 2.45) is 11.3 Å². The predicted molar refractivity (Wildman–Crippen MR) is 262 cm³/mol. The summed E-state index contributed by atoms with van der Waals surface area (Å²) in [4.78, 5) is 63.3. The van der Waals surface area contributed by atoms with Crippen molar-refractivity contribution in [1.82, 2.24) is 20.5 Å². The molecule has 2 aliphatic heterocycles. The Kier molecular flexibility index (Phi) is 17.6. The molecule has 4 aromatic rings. The van der Waals surface area contributed by atoms with Gasteiger partial charge in [-0.1, -0.05) is 52.0 Å². The first-order valence-corrected chi connectivity index (χ1v) is 24.1. The highest BCUT2D eigenvalue weighted by atomic mass is 32.1. The van der Waals surface area contributed by atoms with Gasteiger partial charge in [0.05, 0.1) is 72.0 Å². The summed E-state index contributed by atoms with van der Waals surface area (Å²) in [5.74, 6) is -2.55. The van der Waals surface area contributed by atoms with Crippen LogP contribution in [-0.4, -0.2) is 109 Å². The van der Waals surface area contributed by atoms with Gasteiger partial charge in [0.15, 0.2) is 16.7 Å². The second kappa shape index (κ2) is 23.0. The lowest BCUT2D eigenvalue weighted by Crippen LogP contribution is -2.58. The maximum absolute atomic E-state index is 15.3. The molecule has 3 atom stereocenters. The summed E-state index contributed by atoms with van der Waals surface area (Å²) < 4.78 is 78.5. The Morgan fingerprint density at radius 2 is 1.61 bits per heavy atom. The van der Waals surface area contributed by atoms with E-state index in [4.69, 9.17) is 31.2 Å². The summed E-state index contributed by atoms with van der Waals surface area (Å²) in [6, 6.07) is 14.6. The Labute approximate surface area is 419 Å². The van der Waals surface area contributed by atoms with Crippen LogP contribution in [0.5, 0.6) is 5.75 Å². The van der Waals surface area contributed by atoms with Crippen LogP contribution in [0.15, 0.2) is 66.2 Å². The maximum Gasteiger partial charge on any atom is 0.417 e. The number of thiocarbonyl (C=S) groups is 1. The number of nitriles is 1. The van der Waals surface area contributed by atoms with Gasteiger partial charge in [0.2, 0.25) is 17.7 Å². The van der Waals surface area contributed by atoms with Crippen molar-refractivity contribution >= 4 is 63.7 Å². The zero-order chi connectivity index (χ0) is 51.8. The van der Waals surface area contributed by atoms with E-state index in [-0.39, 0.29) is 86.2 Å². The summed E-state index contributed by atoms with van der Waals surface area (Å²) in [7, 11) is 0. The molecule has 6 rings (SSSR count). The summed E-state index contributed by atoms with van der Waals surface area (Å²) in [6.45, 7) is 13.5. The summed E-state index contributed by atoms with van der Waals surface area (Å²) in [5, 5.41) is 14.8. The number of thiazole rings is 1. The van der Waals surface area contributed by atoms with E-state index in [1.54, 1.807) is 16.2 Å². The molecule has 0 saturated carbocycles. The number of carbonyl (C=O) groups excluding carboxylic acids is 4. The van der Waals surface area contributed by atoms with E-state index >= 15 is 4.39 Å². The molecule has 2 N–H and O–H groups in total. The van der Waals surface area contributed by atoms with Gasteiger partial charge in [-0.05, 0) is 92.2 Å². The normalized spacial score (nSPS) is 17.4. The zero-order valence-corrected chi connectivity index (χ0v) is 42.1. The van der Waals surface area contributed by atoms with Gasteiger partial charge in [-0.2, -0.15) is 18.4 Å². The number of hydrogen-bond acceptors (Lipinski definition) is 12. The quantitative estimate of drug-likeness (QED) is 0.0505. The molecule has 71 heavy (non-hydrogen) atoms. The number of rotatable bonds is 20. The molecule has 1 aromatic heterocycles. The van der Waals surface area contributed by atoms with Gasteiger partial charge in [-0.25, -0.2) is 9.37 Å². The Morgan fingerprint density at radius 3 is 2.21 bits per heavy atom. The number of hydrogen-bond donors (Lipinski definition) is 2. The molecule has 0 aliphatic carbocycles. The first-order valence-electron chi connectivity index (χ1n) is 22.9. The third-order valence-electron chi connectivity index (χ3n) is 11.9. The Balaban J connectivity index is 0.879. The second-order valence-electron chi connectivity index (χ2n) is 18.8. The summed E-state index contributed by atoms with van der Waals surface area (Å²) in [6.07, 6.45) is -4.36. The summed E-state index contributed by atoms with van der Waals surface area (Å²) >= 11 is 7.10. The number of ether oxygens (including phenoxy) is 4. The molecular weight excluding hydrogens is 967 g/mol. The van der Waals surface area contributed by atoms with Crippen LogP contribution in [-0.2, 0) is 46.1 Å². The molecule has 380 valence electrons. The molecule has 15 nitrogen and oxygen atoms in total. The van der Waals surface area contributed by atoms with Crippen LogP contribution in [0.1, 0.15) is 70.3 Å². The van der Waals surface area contributed by atoms with Crippen LogP contribution >= 0.6 is 23.6 Å². The van der Waals surface area contributed by atoms with E-state index < -0.39 is 58.0 Å². The van der Waals surface area contributed by atoms with Gasteiger partial charge in [-0.3, -0.25) is 24.1 Å². The lowest BCUT2D eigenvalue weighted by atomic mass is 9.85. The Hall–Kier alpha value is -6.05. The Bertz CT molecular complexity index is 2630. The van der Waals surface area contributed by atoms with Crippen molar-refractivity contribution < 1.29 is 55.7 Å². The smallest absolute Gasteiger partial charge is 0.417 e. The molecule has 0 bridgehead atoms. The number of benzene rings is 3. The van der Waals surface area contributed by atoms with Crippen molar-refractivity contribution in [1.29, 1.82) is 5.26 Å². The van der Waals surface area contributed by atoms with Crippen molar-refractivity contribution in [2.75, 3.05) is 62.6 Å². The molecule has 0 spiro atoms. The van der Waals surface area contributed by atoms with Crippen LogP contribution < -0.4 is 25.2 Å². The molecule has 3 aromatic carbocycles. The average molecular weight is 1020 g/mol. The fourth-order valence-corrected chi connectivity index (χ4v) is 9.57. The van der Waals surface area contributed by atoms with Gasteiger partial charge >= 0.3 is 6.18 Å². The Morgan fingerprint density at radius 1 is 0.958 bits per heavy atom. The SMILES string of the molecule is Cc1ncsc1-c1ccc(CNC(=O)[C@@H]2C[C@@H](C)CN2C(=O)[C@@H](NC(=O)COCCOCCOCCOc2ccc(N3C(=S)N(c4ccc(C#N)c(C(F)(F)F)c4)C(=O)C3(C)C)cc2F)C(C)(C)C)cc1. The standard InChI is InChI=1S/C50H57F4N7O8S2/c1-30-22-39(44(63)56-26-32-8-10-33(11-9-32)42-31(2)57-29-71-42)59(27-30)45(64)43(48(3,4)5)58-41(62)28-68-19-18-66-16-17-67-20-21-69-40-15-14-36(24-38(40)51)61-47(70)60(46(65)49(61,6)7)35-13-12-34(25-55)37(23-35)50(52,53)54/h8-15,23-24,29-30,39,43H,16-22,26-28H2,1-7H3,(H,56,63)(H,58,62)/t30-,39+,43-/m1/s1. The van der Waals surface area contributed by atoms with E-state index in [0.29, 0.717) is 25.6 Å². The highest BCUT2D eigenvalue weighted by Crippen LogP contribution is 2.40. The third kappa shape index (κ3) is 13.1. The molecule has 21 heteroatoms. The molecule has 4 amide bonds. The number of anilines is 2. The van der Waals surface area contributed by atoms with E-state index in [2.05, 4.69) is 15.6 Å². The number of aryl methyl sites for hydroxylation is 1. The van der Waals surface area contributed by atoms with Crippen LogP contribution in [0.3, 0.4) is 0 Å². The number of carbonyl (C=O) groups is 4. The highest BCUT2D eigenvalue weighted by molar-refractivity contribution is 7.81. The van der Waals surface area contributed by atoms with Gasteiger partial charge < -0.3 is 39.4 Å². The fourth-order valence-electron chi connectivity index (χ4n) is 8.24. The number of nitrogens with one attached hydrogen (secondary N) is 2. The first-order chi connectivity index (χ1) is 33.5. The summed E-state index contributed by atoms with van der Waals surface area (Å²) in [5.41, 5.74) is 0.805. The number of nitrogens with zero attached hydrogens (tertiary/aromatic N) is 5. The topological polar surface area (TPSA) is 176 Å². The fraction of sp³-hybridized carbons (Fsp3) is 0.460. The van der Waals surface area contributed by atoms with Crippen LogP contribution in [0.25, 0.3) is 10.4 Å². The van der Waals surface area contributed by atoms with Crippen molar-refractivity contribution in [2.45, 2.75) is 85.2 Å². The largest absolute Gasteiger partial charge is 0.488 e. The van der Waals surface area contributed by atoms with Crippen molar-refractivity contribution in [3.63, 3.8) is 0 Å². The first kappa shape index (κ1) is 54.3. The zero-order valence-electron chi connectivity index (χ0n) is 40.5. The van der Waals surface area contributed by atoms with Crippen LogP contribution in [0, 0.1) is 35.4 Å². The molecule has 3 heterocycles. The van der Waals surface area contributed by atoms with Gasteiger partial charge in [-0.15, -0.1) is 11.3 Å². The van der Waals surface area contributed by atoms with E-state index in [0.717, 1.165) is 38.7 Å². The van der Waals surface area contributed by atoms with E-state index in [9.17, 15) is 37.6 Å². The van der Waals surface area contributed by atoms with Gasteiger partial charge in [0.25, 0.3) is 5.91 Å². The minimum absolute atomic E-state index is 0.0264. The second-order valence-corrected chi connectivity index (χ2v) is 20.0.